The van der Waals surface area contributed by atoms with Crippen LogP contribution in [0.4, 0.5) is 5.88 Å². The molecular weight excluding hydrogens is 312 g/mol. The number of hydrogen-bond acceptors (Lipinski definition) is 3. The number of benzene rings is 2. The van der Waals surface area contributed by atoms with Gasteiger partial charge in [-0.1, -0.05) is 60.1 Å². The average molecular weight is 327 g/mol. The van der Waals surface area contributed by atoms with Crippen LogP contribution in [0, 0.1) is 0 Å². The van der Waals surface area contributed by atoms with Crippen LogP contribution in [0.25, 0.3) is 11.3 Å². The average Bonchev–Trinajstić information content (AvgIpc) is 3.03. The number of halogens is 1. The maximum atomic E-state index is 12.2. The summed E-state index contributed by atoms with van der Waals surface area (Å²) in [5.41, 5.74) is 3.25. The molecule has 1 N–H and O–H groups in total. The monoisotopic (exact) mass is 326 g/mol. The zero-order chi connectivity index (χ0) is 16.2. The molecule has 0 bridgehead atoms. The van der Waals surface area contributed by atoms with Crippen molar-refractivity contribution < 1.29 is 9.32 Å². The van der Waals surface area contributed by atoms with Gasteiger partial charge in [-0.05, 0) is 24.1 Å². The molecule has 5 heteroatoms. The second-order valence-corrected chi connectivity index (χ2v) is 5.47. The van der Waals surface area contributed by atoms with Gasteiger partial charge in [0.2, 0.25) is 5.88 Å². The number of amides is 1. The predicted octanol–water partition coefficient (Wildman–Crippen LogP) is 4.81. The standard InChI is InChI=1S/C18H15ClN2O2/c1-2-12-7-9-13(10-8-12)16-11-17(23-21-16)20-18(22)14-5-3-4-6-15(14)19/h3-11H,2H2,1H3,(H,20,22). The van der Waals surface area contributed by atoms with Crippen LogP contribution in [0.2, 0.25) is 5.02 Å². The van der Waals surface area contributed by atoms with E-state index in [1.807, 2.05) is 24.3 Å². The Balaban J connectivity index is 1.76. The third-order valence-corrected chi connectivity index (χ3v) is 3.85. The van der Waals surface area contributed by atoms with E-state index in [1.165, 1.54) is 5.56 Å². The van der Waals surface area contributed by atoms with Gasteiger partial charge in [-0.3, -0.25) is 10.1 Å². The zero-order valence-electron chi connectivity index (χ0n) is 12.5. The minimum atomic E-state index is -0.334. The molecule has 3 rings (SSSR count). The Morgan fingerprint density at radius 3 is 2.61 bits per heavy atom. The highest BCUT2D eigenvalue weighted by atomic mass is 35.5. The van der Waals surface area contributed by atoms with Crippen LogP contribution in [0.3, 0.4) is 0 Å². The van der Waals surface area contributed by atoms with Crippen LogP contribution in [0.15, 0.2) is 59.1 Å². The summed E-state index contributed by atoms with van der Waals surface area (Å²) in [5, 5.41) is 7.04. The highest BCUT2D eigenvalue weighted by Crippen LogP contribution is 2.23. The fourth-order valence-corrected chi connectivity index (χ4v) is 2.43. The SMILES string of the molecule is CCc1ccc(-c2cc(NC(=O)c3ccccc3Cl)on2)cc1. The number of carbonyl (C=O) groups excluding carboxylic acids is 1. The van der Waals surface area contributed by atoms with Gasteiger partial charge in [-0.15, -0.1) is 0 Å². The molecule has 0 saturated heterocycles. The normalized spacial score (nSPS) is 10.5. The first-order valence-corrected chi connectivity index (χ1v) is 7.67. The number of hydrogen-bond donors (Lipinski definition) is 1. The van der Waals surface area contributed by atoms with Crippen molar-refractivity contribution in [3.05, 3.63) is 70.7 Å². The molecule has 4 nitrogen and oxygen atoms in total. The molecule has 116 valence electrons. The van der Waals surface area contributed by atoms with E-state index in [0.29, 0.717) is 16.3 Å². The Morgan fingerprint density at radius 1 is 1.17 bits per heavy atom. The quantitative estimate of drug-likeness (QED) is 0.748. The first-order valence-electron chi connectivity index (χ1n) is 7.29. The van der Waals surface area contributed by atoms with E-state index in [4.69, 9.17) is 16.1 Å². The van der Waals surface area contributed by atoms with Crippen LogP contribution in [0.5, 0.6) is 0 Å². The van der Waals surface area contributed by atoms with Gasteiger partial charge in [0.1, 0.15) is 5.69 Å². The van der Waals surface area contributed by atoms with Crippen molar-refractivity contribution in [3.8, 4) is 11.3 Å². The number of nitrogens with one attached hydrogen (secondary N) is 1. The topological polar surface area (TPSA) is 55.1 Å². The van der Waals surface area contributed by atoms with Gasteiger partial charge in [0.25, 0.3) is 5.91 Å². The van der Waals surface area contributed by atoms with Gasteiger partial charge in [0.05, 0.1) is 10.6 Å². The Labute approximate surface area is 139 Å². The van der Waals surface area contributed by atoms with Crippen LogP contribution in [-0.2, 0) is 6.42 Å². The van der Waals surface area contributed by atoms with Crippen molar-refractivity contribution in [3.63, 3.8) is 0 Å². The molecule has 1 amide bonds. The maximum absolute atomic E-state index is 12.2. The lowest BCUT2D eigenvalue weighted by molar-refractivity contribution is 0.102. The molecule has 0 spiro atoms. The minimum absolute atomic E-state index is 0.282. The Kier molecular flexibility index (Phi) is 4.44. The van der Waals surface area contributed by atoms with Crippen molar-refractivity contribution in [2.75, 3.05) is 5.32 Å². The van der Waals surface area contributed by atoms with Crippen LogP contribution in [-0.4, -0.2) is 11.1 Å². The summed E-state index contributed by atoms with van der Waals surface area (Å²) in [6.07, 6.45) is 0.984. The molecule has 0 aliphatic rings. The Hall–Kier alpha value is -2.59. The molecule has 0 atom stereocenters. The molecule has 0 aliphatic heterocycles. The number of anilines is 1. The van der Waals surface area contributed by atoms with E-state index < -0.39 is 0 Å². The fourth-order valence-electron chi connectivity index (χ4n) is 2.21. The van der Waals surface area contributed by atoms with Crippen LogP contribution < -0.4 is 5.32 Å². The summed E-state index contributed by atoms with van der Waals surface area (Å²) in [5.74, 6) is -0.0517. The summed E-state index contributed by atoms with van der Waals surface area (Å²) in [6.45, 7) is 2.10. The van der Waals surface area contributed by atoms with Crippen molar-refractivity contribution in [1.82, 2.24) is 5.16 Å². The molecule has 0 unspecified atom stereocenters. The van der Waals surface area contributed by atoms with Gasteiger partial charge in [0.15, 0.2) is 0 Å². The number of aryl methyl sites for hydroxylation is 1. The molecule has 23 heavy (non-hydrogen) atoms. The third kappa shape index (κ3) is 3.43. The summed E-state index contributed by atoms with van der Waals surface area (Å²) in [6, 6.07) is 16.6. The van der Waals surface area contributed by atoms with E-state index >= 15 is 0 Å². The Bertz CT molecular complexity index is 825. The largest absolute Gasteiger partial charge is 0.338 e. The van der Waals surface area contributed by atoms with Gasteiger partial charge in [-0.2, -0.15) is 0 Å². The van der Waals surface area contributed by atoms with Crippen molar-refractivity contribution >= 4 is 23.4 Å². The van der Waals surface area contributed by atoms with Crippen LogP contribution in [0.1, 0.15) is 22.8 Å². The molecule has 1 aromatic heterocycles. The lowest BCUT2D eigenvalue weighted by Gasteiger charge is -2.02. The number of rotatable bonds is 4. The third-order valence-electron chi connectivity index (χ3n) is 3.52. The minimum Gasteiger partial charge on any atom is -0.338 e. The van der Waals surface area contributed by atoms with E-state index in [2.05, 4.69) is 17.4 Å². The molecular formula is C18H15ClN2O2. The first kappa shape index (κ1) is 15.3. The number of aromatic nitrogens is 1. The van der Waals surface area contributed by atoms with Crippen LogP contribution >= 0.6 is 11.6 Å². The molecule has 0 radical (unpaired) electrons. The fraction of sp³-hybridized carbons (Fsp3) is 0.111. The lowest BCUT2D eigenvalue weighted by Crippen LogP contribution is -2.11. The summed E-state index contributed by atoms with van der Waals surface area (Å²) >= 11 is 6.01. The second kappa shape index (κ2) is 6.67. The summed E-state index contributed by atoms with van der Waals surface area (Å²) in [7, 11) is 0. The highest BCUT2D eigenvalue weighted by molar-refractivity contribution is 6.34. The Morgan fingerprint density at radius 2 is 1.91 bits per heavy atom. The van der Waals surface area contributed by atoms with E-state index in [0.717, 1.165) is 12.0 Å². The summed E-state index contributed by atoms with van der Waals surface area (Å²) < 4.78 is 5.18. The first-order chi connectivity index (χ1) is 11.2. The molecule has 0 aliphatic carbocycles. The predicted molar refractivity (Wildman–Crippen MR) is 90.7 cm³/mol. The molecule has 1 heterocycles. The molecule has 0 saturated carbocycles. The summed E-state index contributed by atoms with van der Waals surface area (Å²) in [4.78, 5) is 12.2. The molecule has 0 fully saturated rings. The lowest BCUT2D eigenvalue weighted by atomic mass is 10.1. The number of nitrogens with zero attached hydrogens (tertiary/aromatic N) is 1. The van der Waals surface area contributed by atoms with E-state index in [9.17, 15) is 4.79 Å². The van der Waals surface area contributed by atoms with Crippen molar-refractivity contribution in [1.29, 1.82) is 0 Å². The van der Waals surface area contributed by atoms with Crippen molar-refractivity contribution in [2.45, 2.75) is 13.3 Å². The van der Waals surface area contributed by atoms with Crippen molar-refractivity contribution in [2.24, 2.45) is 0 Å². The van der Waals surface area contributed by atoms with Gasteiger partial charge in [0, 0.05) is 11.6 Å². The van der Waals surface area contributed by atoms with Gasteiger partial charge in [-0.25, -0.2) is 0 Å². The number of carbonyl (C=O) groups is 1. The zero-order valence-corrected chi connectivity index (χ0v) is 13.3. The smallest absolute Gasteiger partial charge is 0.259 e. The van der Waals surface area contributed by atoms with Gasteiger partial charge >= 0.3 is 0 Å². The second-order valence-electron chi connectivity index (χ2n) is 5.06. The maximum Gasteiger partial charge on any atom is 0.259 e. The van der Waals surface area contributed by atoms with E-state index in [-0.39, 0.29) is 11.8 Å². The van der Waals surface area contributed by atoms with E-state index in [1.54, 1.807) is 30.3 Å². The highest BCUT2D eigenvalue weighted by Gasteiger charge is 2.13. The molecule has 3 aromatic rings. The van der Waals surface area contributed by atoms with Gasteiger partial charge < -0.3 is 4.52 Å². The molecule has 2 aromatic carbocycles.